The van der Waals surface area contributed by atoms with Gasteiger partial charge in [0.25, 0.3) is 0 Å². The van der Waals surface area contributed by atoms with E-state index in [1.165, 1.54) is 0 Å². The number of carbonyl (C=O) groups excluding carboxylic acids is 1. The second kappa shape index (κ2) is 5.92. The second-order valence-electron chi connectivity index (χ2n) is 4.17. The van der Waals surface area contributed by atoms with Crippen molar-refractivity contribution in [1.82, 2.24) is 0 Å². The molecule has 0 unspecified atom stereocenters. The summed E-state index contributed by atoms with van der Waals surface area (Å²) in [5.41, 5.74) is -1.65. The Kier molecular flexibility index (Phi) is 4.37. The van der Waals surface area contributed by atoms with Crippen LogP contribution in [0.25, 0.3) is 0 Å². The lowest BCUT2D eigenvalue weighted by atomic mass is 10.2. The zero-order valence-corrected chi connectivity index (χ0v) is 11.3. The molecule has 116 valence electrons. The van der Waals surface area contributed by atoms with E-state index in [4.69, 9.17) is 16.3 Å². The Hall–Kier alpha value is -2.15. The molecular formula is C14H6ClF5O2. The smallest absolute Gasteiger partial charge is 0.417 e. The Bertz CT molecular complexity index is 728. The Morgan fingerprint density at radius 1 is 1.09 bits per heavy atom. The van der Waals surface area contributed by atoms with Crippen LogP contribution in [0.4, 0.5) is 22.0 Å². The number of ether oxygens (including phenoxy) is 1. The SMILES string of the molecule is O=Cc1cc(F)cc(F)c1Oc1ccc(Cl)c(C(F)(F)F)c1. The summed E-state index contributed by atoms with van der Waals surface area (Å²) >= 11 is 5.44. The summed E-state index contributed by atoms with van der Waals surface area (Å²) < 4.78 is 69.7. The zero-order chi connectivity index (χ0) is 16.5. The van der Waals surface area contributed by atoms with Crippen molar-refractivity contribution in [2.24, 2.45) is 0 Å². The van der Waals surface area contributed by atoms with Crippen LogP contribution in [0.3, 0.4) is 0 Å². The molecule has 0 aliphatic heterocycles. The molecule has 0 spiro atoms. The van der Waals surface area contributed by atoms with Crippen LogP contribution in [0.15, 0.2) is 30.3 Å². The monoisotopic (exact) mass is 336 g/mol. The van der Waals surface area contributed by atoms with E-state index in [0.29, 0.717) is 18.2 Å². The molecule has 8 heteroatoms. The van der Waals surface area contributed by atoms with E-state index in [9.17, 15) is 26.7 Å². The molecule has 22 heavy (non-hydrogen) atoms. The number of hydrogen-bond donors (Lipinski definition) is 0. The third kappa shape index (κ3) is 3.36. The Morgan fingerprint density at radius 2 is 1.77 bits per heavy atom. The molecule has 0 N–H and O–H groups in total. The van der Waals surface area contributed by atoms with Gasteiger partial charge in [-0.3, -0.25) is 4.79 Å². The maximum Gasteiger partial charge on any atom is 0.417 e. The Morgan fingerprint density at radius 3 is 2.36 bits per heavy atom. The van der Waals surface area contributed by atoms with Gasteiger partial charge in [-0.25, -0.2) is 8.78 Å². The summed E-state index contributed by atoms with van der Waals surface area (Å²) in [6.07, 6.45) is -4.60. The lowest BCUT2D eigenvalue weighted by Crippen LogP contribution is -2.06. The van der Waals surface area contributed by atoms with Gasteiger partial charge in [-0.2, -0.15) is 13.2 Å². The molecule has 0 saturated carbocycles. The van der Waals surface area contributed by atoms with E-state index in [2.05, 4.69) is 0 Å². The third-order valence-corrected chi connectivity index (χ3v) is 2.96. The number of carbonyl (C=O) groups is 1. The molecule has 2 rings (SSSR count). The first-order valence-corrected chi connectivity index (χ1v) is 6.09. The third-order valence-electron chi connectivity index (χ3n) is 2.63. The fraction of sp³-hybridized carbons (Fsp3) is 0.0714. The summed E-state index contributed by atoms with van der Waals surface area (Å²) in [5.74, 6) is -3.30. The summed E-state index contributed by atoms with van der Waals surface area (Å²) in [7, 11) is 0. The van der Waals surface area contributed by atoms with E-state index in [1.54, 1.807) is 0 Å². The van der Waals surface area contributed by atoms with Crippen molar-refractivity contribution < 1.29 is 31.5 Å². The molecular weight excluding hydrogens is 331 g/mol. The van der Waals surface area contributed by atoms with E-state index >= 15 is 0 Å². The minimum absolute atomic E-state index is 0.127. The summed E-state index contributed by atoms with van der Waals surface area (Å²) in [6.45, 7) is 0. The fourth-order valence-corrected chi connectivity index (χ4v) is 1.90. The molecule has 0 fully saturated rings. The zero-order valence-electron chi connectivity index (χ0n) is 10.5. The molecule has 0 heterocycles. The van der Waals surface area contributed by atoms with Crippen molar-refractivity contribution in [2.45, 2.75) is 6.18 Å². The van der Waals surface area contributed by atoms with Crippen molar-refractivity contribution in [3.63, 3.8) is 0 Å². The lowest BCUT2D eigenvalue weighted by molar-refractivity contribution is -0.137. The molecule has 2 aromatic carbocycles. The minimum Gasteiger partial charge on any atom is -0.454 e. The number of benzene rings is 2. The second-order valence-corrected chi connectivity index (χ2v) is 4.57. The number of halogens is 6. The van der Waals surface area contributed by atoms with Gasteiger partial charge in [0.2, 0.25) is 0 Å². The van der Waals surface area contributed by atoms with Crippen molar-refractivity contribution >= 4 is 17.9 Å². The molecule has 2 nitrogen and oxygen atoms in total. The van der Waals surface area contributed by atoms with Crippen molar-refractivity contribution in [2.75, 3.05) is 0 Å². The molecule has 0 atom stereocenters. The topological polar surface area (TPSA) is 26.3 Å². The number of alkyl halides is 3. The van der Waals surface area contributed by atoms with Crippen LogP contribution in [-0.2, 0) is 6.18 Å². The standard InChI is InChI=1S/C14H6ClF5O2/c15-11-2-1-9(5-10(11)14(18,19)20)22-13-7(6-21)3-8(16)4-12(13)17/h1-6H. The predicted molar refractivity (Wildman–Crippen MR) is 68.3 cm³/mol. The van der Waals surface area contributed by atoms with Crippen LogP contribution < -0.4 is 4.74 Å². The van der Waals surface area contributed by atoms with Gasteiger partial charge in [0, 0.05) is 6.07 Å². The quantitative estimate of drug-likeness (QED) is 0.566. The Balaban J connectivity index is 2.46. The van der Waals surface area contributed by atoms with E-state index in [0.717, 1.165) is 12.1 Å². The largest absolute Gasteiger partial charge is 0.454 e. The van der Waals surface area contributed by atoms with Gasteiger partial charge in [0.05, 0.1) is 16.1 Å². The molecule has 0 radical (unpaired) electrons. The van der Waals surface area contributed by atoms with Gasteiger partial charge in [0.15, 0.2) is 17.9 Å². The highest BCUT2D eigenvalue weighted by Crippen LogP contribution is 2.38. The van der Waals surface area contributed by atoms with Crippen LogP contribution in [-0.4, -0.2) is 6.29 Å². The van der Waals surface area contributed by atoms with Crippen LogP contribution in [0.1, 0.15) is 15.9 Å². The summed E-state index contributed by atoms with van der Waals surface area (Å²) in [6, 6.07) is 3.69. The predicted octanol–water partition coefficient (Wildman–Crippen LogP) is 5.24. The maximum absolute atomic E-state index is 13.6. The lowest BCUT2D eigenvalue weighted by Gasteiger charge is -2.13. The highest BCUT2D eigenvalue weighted by atomic mass is 35.5. The number of rotatable bonds is 3. The number of hydrogen-bond acceptors (Lipinski definition) is 2. The minimum atomic E-state index is -4.73. The van der Waals surface area contributed by atoms with Gasteiger partial charge >= 0.3 is 6.18 Å². The van der Waals surface area contributed by atoms with Gasteiger partial charge in [0.1, 0.15) is 11.6 Å². The van der Waals surface area contributed by atoms with Gasteiger partial charge in [-0.1, -0.05) is 11.6 Å². The fourth-order valence-electron chi connectivity index (χ4n) is 1.68. The van der Waals surface area contributed by atoms with Gasteiger partial charge < -0.3 is 4.74 Å². The molecule has 0 aromatic heterocycles. The summed E-state index contributed by atoms with van der Waals surface area (Å²) in [4.78, 5) is 10.8. The maximum atomic E-state index is 13.6. The molecule has 0 saturated heterocycles. The van der Waals surface area contributed by atoms with Crippen molar-refractivity contribution in [3.05, 3.63) is 58.1 Å². The first-order valence-electron chi connectivity index (χ1n) is 5.71. The molecule has 0 aliphatic rings. The van der Waals surface area contributed by atoms with Crippen LogP contribution in [0, 0.1) is 11.6 Å². The van der Waals surface area contributed by atoms with E-state index < -0.39 is 45.5 Å². The number of aldehydes is 1. The Labute approximate surface area is 126 Å². The molecule has 2 aromatic rings. The van der Waals surface area contributed by atoms with Crippen molar-refractivity contribution in [1.29, 1.82) is 0 Å². The first kappa shape index (κ1) is 16.2. The van der Waals surface area contributed by atoms with E-state index in [-0.39, 0.29) is 6.29 Å². The normalized spacial score (nSPS) is 11.4. The van der Waals surface area contributed by atoms with Crippen molar-refractivity contribution in [3.8, 4) is 11.5 Å². The highest BCUT2D eigenvalue weighted by Gasteiger charge is 2.33. The van der Waals surface area contributed by atoms with E-state index in [1.807, 2.05) is 0 Å². The van der Waals surface area contributed by atoms with Gasteiger partial charge in [-0.15, -0.1) is 0 Å². The van der Waals surface area contributed by atoms with Gasteiger partial charge in [-0.05, 0) is 24.3 Å². The average molecular weight is 337 g/mol. The van der Waals surface area contributed by atoms with Crippen LogP contribution in [0.2, 0.25) is 5.02 Å². The summed E-state index contributed by atoms with van der Waals surface area (Å²) in [5, 5.41) is -0.560. The van der Waals surface area contributed by atoms with Crippen LogP contribution in [0.5, 0.6) is 11.5 Å². The molecule has 0 bridgehead atoms. The molecule has 0 aliphatic carbocycles. The highest BCUT2D eigenvalue weighted by molar-refractivity contribution is 6.31. The first-order chi connectivity index (χ1) is 10.2. The van der Waals surface area contributed by atoms with Crippen LogP contribution >= 0.6 is 11.6 Å². The average Bonchev–Trinajstić information content (AvgIpc) is 2.42. The molecule has 0 amide bonds.